The number of halogens is 1. The molecule has 8 heteroatoms. The average molecular weight is 427 g/mol. The van der Waals surface area contributed by atoms with E-state index in [0.29, 0.717) is 41.5 Å². The molecule has 1 N–H and O–H groups in total. The first kappa shape index (κ1) is 20.3. The van der Waals surface area contributed by atoms with Crippen LogP contribution in [0.5, 0.6) is 11.5 Å². The summed E-state index contributed by atoms with van der Waals surface area (Å²) in [4.78, 5) is 11.7. The van der Waals surface area contributed by atoms with Crippen LogP contribution in [0.15, 0.2) is 48.5 Å². The summed E-state index contributed by atoms with van der Waals surface area (Å²) >= 11 is 6.01. The van der Waals surface area contributed by atoms with E-state index in [1.54, 1.807) is 14.2 Å². The number of nitrogens with zero attached hydrogens (tertiary/aromatic N) is 3. The maximum Gasteiger partial charge on any atom is 0.228 e. The van der Waals surface area contributed by atoms with Gasteiger partial charge in [0.2, 0.25) is 5.95 Å². The van der Waals surface area contributed by atoms with Crippen LogP contribution in [0.2, 0.25) is 5.02 Å². The molecular weight excluding hydrogens is 404 g/mol. The van der Waals surface area contributed by atoms with Crippen LogP contribution in [0.4, 0.5) is 17.5 Å². The molecule has 0 radical (unpaired) electrons. The molecule has 1 aliphatic heterocycles. The van der Waals surface area contributed by atoms with Crippen molar-refractivity contribution in [3.05, 3.63) is 53.6 Å². The minimum absolute atomic E-state index is 0.647. The Labute approximate surface area is 180 Å². The Morgan fingerprint density at radius 2 is 1.67 bits per heavy atom. The summed E-state index contributed by atoms with van der Waals surface area (Å²) in [7, 11) is 3.24. The minimum Gasteiger partial charge on any atom is -0.493 e. The second-order valence-electron chi connectivity index (χ2n) is 6.74. The van der Waals surface area contributed by atoms with Crippen LogP contribution < -0.4 is 19.7 Å². The molecule has 7 nitrogen and oxygen atoms in total. The Kier molecular flexibility index (Phi) is 6.21. The summed E-state index contributed by atoms with van der Waals surface area (Å²) < 4.78 is 16.3. The number of nitrogens with one attached hydrogen (secondary N) is 1. The highest BCUT2D eigenvalue weighted by atomic mass is 35.5. The molecule has 156 valence electrons. The van der Waals surface area contributed by atoms with E-state index in [9.17, 15) is 0 Å². The van der Waals surface area contributed by atoms with E-state index in [-0.39, 0.29) is 0 Å². The van der Waals surface area contributed by atoms with Crippen molar-refractivity contribution >= 4 is 29.1 Å². The SMILES string of the molecule is COc1ccc(-c2cc(Nc3ccc(Cl)cc3)nc(N3CCOCC3)n2)cc1OC. The standard InChI is InChI=1S/C22H23ClN4O3/c1-28-19-8-3-15(13-20(19)29-2)18-14-21(24-17-6-4-16(23)5-7-17)26-22(25-18)27-9-11-30-12-10-27/h3-8,13-14H,9-12H2,1-2H3,(H,24,25,26). The summed E-state index contributed by atoms with van der Waals surface area (Å²) in [5, 5.41) is 4.03. The third-order valence-electron chi connectivity index (χ3n) is 4.80. The number of benzene rings is 2. The van der Waals surface area contributed by atoms with Crippen molar-refractivity contribution in [3.8, 4) is 22.8 Å². The van der Waals surface area contributed by atoms with Crippen LogP contribution in [0.1, 0.15) is 0 Å². The number of ether oxygens (including phenoxy) is 3. The topological polar surface area (TPSA) is 68.7 Å². The van der Waals surface area contributed by atoms with Crippen molar-refractivity contribution in [1.82, 2.24) is 9.97 Å². The van der Waals surface area contributed by atoms with Gasteiger partial charge in [0.1, 0.15) is 5.82 Å². The maximum absolute atomic E-state index is 6.01. The molecule has 0 aliphatic carbocycles. The van der Waals surface area contributed by atoms with Gasteiger partial charge in [-0.3, -0.25) is 0 Å². The summed E-state index contributed by atoms with van der Waals surface area (Å²) in [6, 6.07) is 15.2. The van der Waals surface area contributed by atoms with Crippen LogP contribution in [0.3, 0.4) is 0 Å². The predicted octanol–water partition coefficient (Wildman–Crippen LogP) is 4.39. The molecule has 0 unspecified atom stereocenters. The molecule has 1 aliphatic rings. The van der Waals surface area contributed by atoms with Gasteiger partial charge in [0, 0.05) is 35.4 Å². The van der Waals surface area contributed by atoms with Crippen LogP contribution in [0.25, 0.3) is 11.3 Å². The predicted molar refractivity (Wildman–Crippen MR) is 118 cm³/mol. The quantitative estimate of drug-likeness (QED) is 0.626. The molecule has 30 heavy (non-hydrogen) atoms. The fourth-order valence-electron chi connectivity index (χ4n) is 3.23. The third-order valence-corrected chi connectivity index (χ3v) is 5.06. The lowest BCUT2D eigenvalue weighted by molar-refractivity contribution is 0.122. The van der Waals surface area contributed by atoms with Crippen LogP contribution in [-0.2, 0) is 4.74 Å². The van der Waals surface area contributed by atoms with E-state index in [4.69, 9.17) is 35.8 Å². The van der Waals surface area contributed by atoms with Gasteiger partial charge in [0.05, 0.1) is 33.1 Å². The molecule has 0 bridgehead atoms. The van der Waals surface area contributed by atoms with Gasteiger partial charge in [-0.2, -0.15) is 4.98 Å². The smallest absolute Gasteiger partial charge is 0.228 e. The van der Waals surface area contributed by atoms with Gasteiger partial charge in [0.25, 0.3) is 0 Å². The van der Waals surface area contributed by atoms with E-state index in [2.05, 4.69) is 10.2 Å². The molecule has 1 fully saturated rings. The highest BCUT2D eigenvalue weighted by Crippen LogP contribution is 2.33. The Morgan fingerprint density at radius 3 is 2.37 bits per heavy atom. The summed E-state index contributed by atoms with van der Waals surface area (Å²) in [5.41, 5.74) is 2.58. The van der Waals surface area contributed by atoms with Gasteiger partial charge >= 0.3 is 0 Å². The van der Waals surface area contributed by atoms with Gasteiger partial charge < -0.3 is 24.4 Å². The van der Waals surface area contributed by atoms with Gasteiger partial charge in [0.15, 0.2) is 11.5 Å². The zero-order valence-corrected chi connectivity index (χ0v) is 17.6. The normalized spacial score (nSPS) is 13.8. The highest BCUT2D eigenvalue weighted by Gasteiger charge is 2.17. The van der Waals surface area contributed by atoms with Gasteiger partial charge in [-0.1, -0.05) is 11.6 Å². The zero-order chi connectivity index (χ0) is 20.9. The fraction of sp³-hybridized carbons (Fsp3) is 0.273. The van der Waals surface area contributed by atoms with Crippen molar-refractivity contribution < 1.29 is 14.2 Å². The minimum atomic E-state index is 0.647. The first-order chi connectivity index (χ1) is 14.7. The Hall–Kier alpha value is -3.03. The lowest BCUT2D eigenvalue weighted by Crippen LogP contribution is -2.37. The highest BCUT2D eigenvalue weighted by molar-refractivity contribution is 6.30. The summed E-state index contributed by atoms with van der Waals surface area (Å²) in [6.45, 7) is 2.80. The lowest BCUT2D eigenvalue weighted by atomic mass is 10.1. The number of methoxy groups -OCH3 is 2. The first-order valence-corrected chi connectivity index (χ1v) is 10.0. The molecule has 1 saturated heterocycles. The number of aromatic nitrogens is 2. The second-order valence-corrected chi connectivity index (χ2v) is 7.18. The van der Waals surface area contributed by atoms with E-state index >= 15 is 0 Å². The lowest BCUT2D eigenvalue weighted by Gasteiger charge is -2.27. The van der Waals surface area contributed by atoms with E-state index in [0.717, 1.165) is 30.0 Å². The van der Waals surface area contributed by atoms with Gasteiger partial charge in [-0.25, -0.2) is 4.98 Å². The molecular formula is C22H23ClN4O3. The van der Waals surface area contributed by atoms with E-state index in [1.807, 2.05) is 48.5 Å². The average Bonchev–Trinajstić information content (AvgIpc) is 2.80. The molecule has 2 aromatic carbocycles. The van der Waals surface area contributed by atoms with E-state index < -0.39 is 0 Å². The molecule has 0 saturated carbocycles. The number of hydrogen-bond acceptors (Lipinski definition) is 7. The van der Waals surface area contributed by atoms with Crippen LogP contribution in [0, 0.1) is 0 Å². The third kappa shape index (κ3) is 4.58. The Balaban J connectivity index is 1.74. The van der Waals surface area contributed by atoms with Gasteiger partial charge in [-0.05, 0) is 42.5 Å². The molecule has 2 heterocycles. The van der Waals surface area contributed by atoms with Crippen LogP contribution in [-0.4, -0.2) is 50.5 Å². The number of anilines is 3. The fourth-order valence-corrected chi connectivity index (χ4v) is 3.35. The molecule has 4 rings (SSSR count). The van der Waals surface area contributed by atoms with Crippen LogP contribution >= 0.6 is 11.6 Å². The summed E-state index contributed by atoms with van der Waals surface area (Å²) in [5.74, 6) is 2.66. The van der Waals surface area contributed by atoms with Crippen molar-refractivity contribution in [2.75, 3.05) is 50.7 Å². The number of morpholine rings is 1. The van der Waals surface area contributed by atoms with Crippen molar-refractivity contribution in [2.24, 2.45) is 0 Å². The number of hydrogen-bond donors (Lipinski definition) is 1. The monoisotopic (exact) mass is 426 g/mol. The number of rotatable bonds is 6. The van der Waals surface area contributed by atoms with Crippen molar-refractivity contribution in [3.63, 3.8) is 0 Å². The van der Waals surface area contributed by atoms with E-state index in [1.165, 1.54) is 0 Å². The molecule has 0 spiro atoms. The van der Waals surface area contributed by atoms with Crippen molar-refractivity contribution in [2.45, 2.75) is 0 Å². The second kappa shape index (κ2) is 9.19. The van der Waals surface area contributed by atoms with Gasteiger partial charge in [-0.15, -0.1) is 0 Å². The summed E-state index contributed by atoms with van der Waals surface area (Å²) in [6.07, 6.45) is 0. The molecule has 0 atom stereocenters. The van der Waals surface area contributed by atoms with Crippen molar-refractivity contribution in [1.29, 1.82) is 0 Å². The zero-order valence-electron chi connectivity index (χ0n) is 16.9. The molecule has 0 amide bonds. The Morgan fingerprint density at radius 1 is 0.933 bits per heavy atom. The molecule has 3 aromatic rings. The maximum atomic E-state index is 6.01. The largest absolute Gasteiger partial charge is 0.493 e. The Bertz CT molecular complexity index is 1010. The first-order valence-electron chi connectivity index (χ1n) is 9.63. The molecule has 1 aromatic heterocycles.